The summed E-state index contributed by atoms with van der Waals surface area (Å²) in [7, 11) is 2.14. The molecule has 0 amide bonds. The van der Waals surface area contributed by atoms with Gasteiger partial charge < -0.3 is 9.80 Å². The van der Waals surface area contributed by atoms with E-state index in [9.17, 15) is 0 Å². The Morgan fingerprint density at radius 2 is 2.00 bits per heavy atom. The zero-order chi connectivity index (χ0) is 15.1. The molecule has 6 nitrogen and oxygen atoms in total. The fraction of sp³-hybridized carbons (Fsp3) is 0.400. The van der Waals surface area contributed by atoms with Crippen LogP contribution in [0.4, 0.5) is 5.82 Å². The van der Waals surface area contributed by atoms with Crippen molar-refractivity contribution in [1.29, 1.82) is 0 Å². The summed E-state index contributed by atoms with van der Waals surface area (Å²) in [4.78, 5) is 9.46. The molecule has 0 unspecified atom stereocenters. The Labute approximate surface area is 133 Å². The van der Waals surface area contributed by atoms with Gasteiger partial charge in [0, 0.05) is 32.1 Å². The van der Waals surface area contributed by atoms with E-state index in [4.69, 9.17) is 16.6 Å². The van der Waals surface area contributed by atoms with E-state index in [1.165, 1.54) is 0 Å². The molecule has 3 aromatic rings. The number of likely N-dealkylation sites (N-methyl/N-ethyl adjacent to an activating group) is 1. The Kier molecular flexibility index (Phi) is 3.35. The van der Waals surface area contributed by atoms with Gasteiger partial charge in [-0.1, -0.05) is 6.07 Å². The van der Waals surface area contributed by atoms with Crippen LogP contribution in [0.15, 0.2) is 24.5 Å². The first-order valence-electron chi connectivity index (χ1n) is 7.38. The fourth-order valence-corrected chi connectivity index (χ4v) is 3.06. The number of hydrogen-bond donors (Lipinski definition) is 0. The molecule has 1 aliphatic heterocycles. The predicted molar refractivity (Wildman–Crippen MR) is 87.6 cm³/mol. The molecule has 1 aliphatic rings. The van der Waals surface area contributed by atoms with Crippen molar-refractivity contribution in [3.8, 4) is 0 Å². The number of benzene rings is 1. The van der Waals surface area contributed by atoms with Crippen LogP contribution < -0.4 is 4.90 Å². The molecule has 4 rings (SSSR count). The molecule has 114 valence electrons. The van der Waals surface area contributed by atoms with Gasteiger partial charge in [-0.05, 0) is 24.7 Å². The molecule has 0 saturated carbocycles. The Morgan fingerprint density at radius 3 is 2.77 bits per heavy atom. The quantitative estimate of drug-likeness (QED) is 0.674. The van der Waals surface area contributed by atoms with Gasteiger partial charge >= 0.3 is 0 Å². The second kappa shape index (κ2) is 5.37. The van der Waals surface area contributed by atoms with E-state index >= 15 is 0 Å². The van der Waals surface area contributed by atoms with Crippen molar-refractivity contribution in [2.75, 3.05) is 38.1 Å². The summed E-state index contributed by atoms with van der Waals surface area (Å²) in [5.41, 5.74) is 3.81. The Balaban J connectivity index is 1.89. The van der Waals surface area contributed by atoms with Crippen LogP contribution in [0.3, 0.4) is 0 Å². The second-order valence-corrected chi connectivity index (χ2v) is 5.97. The number of aromatic nitrogens is 4. The van der Waals surface area contributed by atoms with E-state index < -0.39 is 0 Å². The van der Waals surface area contributed by atoms with Gasteiger partial charge in [0.1, 0.15) is 6.33 Å². The van der Waals surface area contributed by atoms with Crippen molar-refractivity contribution in [2.24, 2.45) is 0 Å². The number of fused-ring (bicyclic) bond motifs is 3. The monoisotopic (exact) mass is 316 g/mol. The molecule has 3 heterocycles. The van der Waals surface area contributed by atoms with Crippen LogP contribution in [-0.2, 0) is 5.88 Å². The number of anilines is 1. The van der Waals surface area contributed by atoms with E-state index in [1.807, 2.05) is 16.5 Å². The smallest absolute Gasteiger partial charge is 0.204 e. The van der Waals surface area contributed by atoms with Crippen molar-refractivity contribution < 1.29 is 0 Å². The number of rotatable bonds is 2. The zero-order valence-electron chi connectivity index (χ0n) is 12.4. The molecule has 22 heavy (non-hydrogen) atoms. The van der Waals surface area contributed by atoms with Crippen LogP contribution in [0.5, 0.6) is 0 Å². The van der Waals surface area contributed by atoms with E-state index in [0.29, 0.717) is 5.88 Å². The lowest BCUT2D eigenvalue weighted by Crippen LogP contribution is -2.45. The first-order valence-corrected chi connectivity index (χ1v) is 7.91. The molecule has 7 heteroatoms. The zero-order valence-corrected chi connectivity index (χ0v) is 13.2. The van der Waals surface area contributed by atoms with E-state index in [-0.39, 0.29) is 0 Å². The van der Waals surface area contributed by atoms with Crippen molar-refractivity contribution in [3.63, 3.8) is 0 Å². The highest BCUT2D eigenvalue weighted by Crippen LogP contribution is 2.25. The van der Waals surface area contributed by atoms with Crippen LogP contribution >= 0.6 is 11.6 Å². The topological polar surface area (TPSA) is 49.6 Å². The summed E-state index contributed by atoms with van der Waals surface area (Å²) >= 11 is 5.95. The van der Waals surface area contributed by atoms with E-state index in [0.717, 1.165) is 54.2 Å². The molecule has 0 N–H and O–H groups in total. The van der Waals surface area contributed by atoms with E-state index in [1.54, 1.807) is 6.33 Å². The summed E-state index contributed by atoms with van der Waals surface area (Å²) in [6.45, 7) is 3.98. The molecule has 2 aromatic heterocycles. The number of alkyl halides is 1. The van der Waals surface area contributed by atoms with Gasteiger partial charge in [0.2, 0.25) is 5.65 Å². The maximum atomic E-state index is 5.95. The molecule has 0 aliphatic carbocycles. The fourth-order valence-electron chi connectivity index (χ4n) is 2.90. The molecule has 1 saturated heterocycles. The lowest BCUT2D eigenvalue weighted by molar-refractivity contribution is 0.312. The third-order valence-electron chi connectivity index (χ3n) is 4.23. The minimum atomic E-state index is 0.486. The van der Waals surface area contributed by atoms with Crippen molar-refractivity contribution in [1.82, 2.24) is 24.5 Å². The average molecular weight is 317 g/mol. The molecule has 0 atom stereocenters. The van der Waals surface area contributed by atoms with Crippen LogP contribution in [0.2, 0.25) is 0 Å². The molecule has 0 radical (unpaired) electrons. The van der Waals surface area contributed by atoms with Crippen LogP contribution in [0.25, 0.3) is 16.7 Å². The lowest BCUT2D eigenvalue weighted by Gasteiger charge is -2.33. The summed E-state index contributed by atoms with van der Waals surface area (Å²) in [5, 5.41) is 8.36. The van der Waals surface area contributed by atoms with Crippen molar-refractivity contribution >= 4 is 34.1 Å². The lowest BCUT2D eigenvalue weighted by atomic mass is 10.2. The number of hydrogen-bond acceptors (Lipinski definition) is 5. The van der Waals surface area contributed by atoms with Gasteiger partial charge in [-0.3, -0.25) is 4.40 Å². The average Bonchev–Trinajstić information content (AvgIpc) is 3.04. The minimum absolute atomic E-state index is 0.486. The summed E-state index contributed by atoms with van der Waals surface area (Å²) < 4.78 is 2.01. The molecular formula is C15H17ClN6. The van der Waals surface area contributed by atoms with Gasteiger partial charge in [0.15, 0.2) is 5.82 Å². The summed E-state index contributed by atoms with van der Waals surface area (Å²) in [6.07, 6.45) is 1.75. The second-order valence-electron chi connectivity index (χ2n) is 5.71. The third-order valence-corrected chi connectivity index (χ3v) is 4.54. The largest absolute Gasteiger partial charge is 0.351 e. The van der Waals surface area contributed by atoms with Crippen LogP contribution in [-0.4, -0.2) is 57.7 Å². The van der Waals surface area contributed by atoms with E-state index in [2.05, 4.69) is 33.1 Å². The number of nitrogens with zero attached hydrogens (tertiary/aromatic N) is 6. The van der Waals surface area contributed by atoms with Gasteiger partial charge in [0.25, 0.3) is 0 Å². The summed E-state index contributed by atoms with van der Waals surface area (Å²) in [6, 6.07) is 6.10. The van der Waals surface area contributed by atoms with Crippen molar-refractivity contribution in [3.05, 3.63) is 30.1 Å². The highest BCUT2D eigenvalue weighted by Gasteiger charge is 2.20. The molecule has 0 spiro atoms. The first kappa shape index (κ1) is 13.7. The SMILES string of the molecule is CN1CCN(c2nc3ccc(CCl)cc3n3cnnc23)CC1. The Morgan fingerprint density at radius 1 is 1.18 bits per heavy atom. The first-order chi connectivity index (χ1) is 10.8. The maximum Gasteiger partial charge on any atom is 0.204 e. The number of piperazine rings is 1. The molecular weight excluding hydrogens is 300 g/mol. The standard InChI is InChI=1S/C15H17ClN6/c1-20-4-6-21(7-5-20)14-15-19-17-10-22(15)13-8-11(9-16)2-3-12(13)18-14/h2-3,8,10H,4-7,9H2,1H3. The van der Waals surface area contributed by atoms with Gasteiger partial charge in [-0.25, -0.2) is 4.98 Å². The highest BCUT2D eigenvalue weighted by atomic mass is 35.5. The maximum absolute atomic E-state index is 5.95. The molecule has 1 fully saturated rings. The van der Waals surface area contributed by atoms with Crippen LogP contribution in [0.1, 0.15) is 5.56 Å². The molecule has 0 bridgehead atoms. The van der Waals surface area contributed by atoms with Gasteiger partial charge in [-0.15, -0.1) is 21.8 Å². The minimum Gasteiger partial charge on any atom is -0.351 e. The van der Waals surface area contributed by atoms with Crippen LogP contribution in [0, 0.1) is 0 Å². The Bertz CT molecular complexity index is 821. The summed E-state index contributed by atoms with van der Waals surface area (Å²) in [5.74, 6) is 1.40. The van der Waals surface area contributed by atoms with Gasteiger partial charge in [0.05, 0.1) is 11.0 Å². The van der Waals surface area contributed by atoms with Gasteiger partial charge in [-0.2, -0.15) is 0 Å². The predicted octanol–water partition coefficient (Wildman–Crippen LogP) is 1.77. The number of halogens is 1. The third kappa shape index (κ3) is 2.19. The molecule has 1 aromatic carbocycles. The normalized spacial score (nSPS) is 16.7. The highest BCUT2D eigenvalue weighted by molar-refractivity contribution is 6.17. The van der Waals surface area contributed by atoms with Crippen molar-refractivity contribution in [2.45, 2.75) is 5.88 Å². The Hall–Kier alpha value is -1.92.